The molecule has 106 valence electrons. The van der Waals surface area contributed by atoms with Gasteiger partial charge in [0, 0.05) is 24.2 Å². The van der Waals surface area contributed by atoms with Gasteiger partial charge in [-0.1, -0.05) is 29.8 Å². The number of nitrogens with zero attached hydrogens (tertiary/aromatic N) is 1. The minimum absolute atomic E-state index is 0.534. The molecule has 4 rings (SSSR count). The van der Waals surface area contributed by atoms with Crippen molar-refractivity contribution in [3.05, 3.63) is 65.9 Å². The Bertz CT molecular complexity index is 787. The van der Waals surface area contributed by atoms with E-state index in [1.54, 1.807) is 0 Å². The molecular weight excluding hydrogens is 258 g/mol. The average molecular weight is 277 g/mol. The van der Waals surface area contributed by atoms with Gasteiger partial charge in [-0.15, -0.1) is 0 Å². The summed E-state index contributed by atoms with van der Waals surface area (Å²) in [4.78, 5) is 0. The Balaban J connectivity index is 1.70. The van der Waals surface area contributed by atoms with E-state index in [1.165, 1.54) is 22.0 Å². The number of para-hydroxylation sites is 1. The fraction of sp³-hybridized carbons (Fsp3) is 0.263. The minimum Gasteiger partial charge on any atom is -0.493 e. The third-order valence-electron chi connectivity index (χ3n) is 4.43. The molecule has 1 aliphatic heterocycles. The zero-order valence-electron chi connectivity index (χ0n) is 12.3. The molecule has 0 aliphatic carbocycles. The van der Waals surface area contributed by atoms with Gasteiger partial charge < -0.3 is 9.30 Å². The van der Waals surface area contributed by atoms with Gasteiger partial charge in [0.1, 0.15) is 5.75 Å². The zero-order valence-corrected chi connectivity index (χ0v) is 12.3. The molecule has 0 saturated heterocycles. The second-order valence-corrected chi connectivity index (χ2v) is 5.90. The van der Waals surface area contributed by atoms with Crippen LogP contribution >= 0.6 is 0 Å². The lowest BCUT2D eigenvalue weighted by molar-refractivity contribution is 0.259. The summed E-state index contributed by atoms with van der Waals surface area (Å²) in [5.74, 6) is 1.59. The monoisotopic (exact) mass is 277 g/mol. The fourth-order valence-electron chi connectivity index (χ4n) is 3.32. The first-order valence-electron chi connectivity index (χ1n) is 7.58. The molecule has 2 heteroatoms. The van der Waals surface area contributed by atoms with Crippen LogP contribution in [0.25, 0.3) is 10.9 Å². The van der Waals surface area contributed by atoms with Crippen molar-refractivity contribution in [2.45, 2.75) is 25.8 Å². The molecule has 1 aromatic heterocycles. The number of hydrogen-bond acceptors (Lipinski definition) is 1. The molecule has 0 spiro atoms. The van der Waals surface area contributed by atoms with Crippen LogP contribution in [0.1, 0.15) is 23.5 Å². The number of aryl methyl sites for hydroxylation is 1. The van der Waals surface area contributed by atoms with E-state index < -0.39 is 0 Å². The van der Waals surface area contributed by atoms with Crippen LogP contribution in [0, 0.1) is 6.92 Å². The Morgan fingerprint density at radius 2 is 2.05 bits per heavy atom. The second kappa shape index (κ2) is 4.96. The lowest BCUT2D eigenvalue weighted by Gasteiger charge is -2.26. The van der Waals surface area contributed by atoms with Crippen molar-refractivity contribution in [1.82, 2.24) is 4.57 Å². The number of fused-ring (bicyclic) bond motifs is 2. The summed E-state index contributed by atoms with van der Waals surface area (Å²) < 4.78 is 8.14. The van der Waals surface area contributed by atoms with Gasteiger partial charge in [0.25, 0.3) is 0 Å². The Kier molecular flexibility index (Phi) is 2.95. The standard InChI is InChI=1S/C19H19NO/c1-14-6-7-18-15(12-14)8-10-20(18)13-16-9-11-21-19-5-3-2-4-17(16)19/h2-8,10,12,16H,9,11,13H2,1H3. The Morgan fingerprint density at radius 1 is 1.14 bits per heavy atom. The molecule has 0 fully saturated rings. The summed E-state index contributed by atoms with van der Waals surface area (Å²) in [5, 5.41) is 1.33. The van der Waals surface area contributed by atoms with Crippen LogP contribution < -0.4 is 4.74 Å². The first kappa shape index (κ1) is 12.5. The van der Waals surface area contributed by atoms with E-state index in [4.69, 9.17) is 4.74 Å². The van der Waals surface area contributed by atoms with E-state index in [2.05, 4.69) is 66.2 Å². The number of aromatic nitrogens is 1. The number of rotatable bonds is 2. The first-order chi connectivity index (χ1) is 10.3. The third-order valence-corrected chi connectivity index (χ3v) is 4.43. The summed E-state index contributed by atoms with van der Waals surface area (Å²) >= 11 is 0. The number of hydrogen-bond donors (Lipinski definition) is 0. The van der Waals surface area contributed by atoms with Crippen molar-refractivity contribution >= 4 is 10.9 Å². The van der Waals surface area contributed by atoms with Crippen molar-refractivity contribution < 1.29 is 4.74 Å². The minimum atomic E-state index is 0.534. The van der Waals surface area contributed by atoms with Gasteiger partial charge in [0.2, 0.25) is 0 Å². The topological polar surface area (TPSA) is 14.2 Å². The largest absolute Gasteiger partial charge is 0.493 e. The molecule has 0 saturated carbocycles. The Morgan fingerprint density at radius 3 is 3.00 bits per heavy atom. The fourth-order valence-corrected chi connectivity index (χ4v) is 3.32. The molecular formula is C19H19NO. The lowest BCUT2D eigenvalue weighted by atomic mass is 9.93. The maximum Gasteiger partial charge on any atom is 0.122 e. The van der Waals surface area contributed by atoms with Gasteiger partial charge >= 0.3 is 0 Å². The molecule has 1 aliphatic rings. The third kappa shape index (κ3) is 2.21. The highest BCUT2D eigenvalue weighted by Gasteiger charge is 2.21. The lowest BCUT2D eigenvalue weighted by Crippen LogP contribution is -2.18. The van der Waals surface area contributed by atoms with Crippen molar-refractivity contribution in [3.8, 4) is 5.75 Å². The Hall–Kier alpha value is -2.22. The molecule has 0 N–H and O–H groups in total. The van der Waals surface area contributed by atoms with E-state index in [-0.39, 0.29) is 0 Å². The van der Waals surface area contributed by atoms with E-state index in [9.17, 15) is 0 Å². The van der Waals surface area contributed by atoms with Crippen molar-refractivity contribution in [1.29, 1.82) is 0 Å². The predicted molar refractivity (Wildman–Crippen MR) is 86.0 cm³/mol. The molecule has 0 bridgehead atoms. The smallest absolute Gasteiger partial charge is 0.122 e. The van der Waals surface area contributed by atoms with Gasteiger partial charge in [0.05, 0.1) is 6.61 Å². The van der Waals surface area contributed by atoms with Gasteiger partial charge in [0.15, 0.2) is 0 Å². The highest BCUT2D eigenvalue weighted by molar-refractivity contribution is 5.80. The first-order valence-corrected chi connectivity index (χ1v) is 7.58. The van der Waals surface area contributed by atoms with Gasteiger partial charge in [-0.05, 0) is 48.6 Å². The summed E-state index contributed by atoms with van der Waals surface area (Å²) in [7, 11) is 0. The molecule has 3 aromatic rings. The number of benzene rings is 2. The van der Waals surface area contributed by atoms with E-state index >= 15 is 0 Å². The Labute approximate surface area is 125 Å². The van der Waals surface area contributed by atoms with Crippen LogP contribution in [0.15, 0.2) is 54.7 Å². The summed E-state index contributed by atoms with van der Waals surface area (Å²) in [6.07, 6.45) is 3.30. The molecule has 21 heavy (non-hydrogen) atoms. The highest BCUT2D eigenvalue weighted by Crippen LogP contribution is 2.35. The van der Waals surface area contributed by atoms with E-state index in [1.807, 2.05) is 0 Å². The van der Waals surface area contributed by atoms with Crippen LogP contribution in [0.5, 0.6) is 5.75 Å². The maximum atomic E-state index is 5.77. The predicted octanol–water partition coefficient (Wildman–Crippen LogP) is 4.52. The normalized spacial score (nSPS) is 17.5. The zero-order chi connectivity index (χ0) is 14.2. The molecule has 2 heterocycles. The van der Waals surface area contributed by atoms with Crippen LogP contribution in [-0.2, 0) is 6.54 Å². The summed E-state index contributed by atoms with van der Waals surface area (Å²) in [5.41, 5.74) is 3.99. The second-order valence-electron chi connectivity index (χ2n) is 5.90. The quantitative estimate of drug-likeness (QED) is 0.672. The van der Waals surface area contributed by atoms with Crippen LogP contribution in [0.4, 0.5) is 0 Å². The van der Waals surface area contributed by atoms with Crippen molar-refractivity contribution in [3.63, 3.8) is 0 Å². The summed E-state index contributed by atoms with van der Waals surface area (Å²) in [6.45, 7) is 3.98. The van der Waals surface area contributed by atoms with Gasteiger partial charge in [-0.25, -0.2) is 0 Å². The highest BCUT2D eigenvalue weighted by atomic mass is 16.5. The molecule has 0 radical (unpaired) electrons. The molecule has 2 nitrogen and oxygen atoms in total. The van der Waals surface area contributed by atoms with Crippen LogP contribution in [-0.4, -0.2) is 11.2 Å². The van der Waals surface area contributed by atoms with E-state index in [0.717, 1.165) is 25.3 Å². The van der Waals surface area contributed by atoms with Crippen molar-refractivity contribution in [2.75, 3.05) is 6.61 Å². The van der Waals surface area contributed by atoms with Crippen LogP contribution in [0.3, 0.4) is 0 Å². The maximum absolute atomic E-state index is 5.77. The van der Waals surface area contributed by atoms with Gasteiger partial charge in [-0.2, -0.15) is 0 Å². The molecule has 0 amide bonds. The van der Waals surface area contributed by atoms with Crippen molar-refractivity contribution in [2.24, 2.45) is 0 Å². The van der Waals surface area contributed by atoms with Crippen LogP contribution in [0.2, 0.25) is 0 Å². The SMILES string of the molecule is Cc1ccc2c(ccn2CC2CCOc3ccccc32)c1. The van der Waals surface area contributed by atoms with Gasteiger partial charge in [-0.3, -0.25) is 0 Å². The van der Waals surface area contributed by atoms with E-state index in [0.29, 0.717) is 5.92 Å². The number of ether oxygens (including phenoxy) is 1. The molecule has 1 unspecified atom stereocenters. The average Bonchev–Trinajstić information content (AvgIpc) is 2.90. The summed E-state index contributed by atoms with van der Waals surface area (Å²) in [6, 6.07) is 17.3. The molecule has 2 aromatic carbocycles. The molecule has 1 atom stereocenters.